The van der Waals surface area contributed by atoms with Gasteiger partial charge in [-0.15, -0.1) is 0 Å². The molecule has 2 N–H and O–H groups in total. The third-order valence-corrected chi connectivity index (χ3v) is 1.24. The number of nitrogens with two attached hydrogens (primary N) is 1. The zero-order chi connectivity index (χ0) is 8.69. The molecule has 1 rings (SSSR count). The first kappa shape index (κ1) is 9.68. The maximum atomic E-state index is 6.75. The number of benzene rings is 1. The number of nitrogens with zero attached hydrogens (tertiary/aromatic N) is 3. The Labute approximate surface area is 69.9 Å². The molecule has 0 unspecified atom stereocenters. The monoisotopic (exact) mass is 168 g/mol. The quantitative estimate of drug-likeness (QED) is 0.205. The maximum absolute atomic E-state index is 6.75. The van der Waals surface area contributed by atoms with Crippen molar-refractivity contribution >= 4 is 18.3 Å². The van der Waals surface area contributed by atoms with Gasteiger partial charge in [0.2, 0.25) is 0 Å². The largest absolute Gasteiger partial charge is 0.399 e. The van der Waals surface area contributed by atoms with Gasteiger partial charge in [0, 0.05) is 5.69 Å². The van der Waals surface area contributed by atoms with Crippen LogP contribution in [0.5, 0.6) is 0 Å². The lowest BCUT2D eigenvalue weighted by atomic mass is 10.3. The Morgan fingerprint density at radius 1 is 1.18 bits per heavy atom. The number of hydrogen-bond donors (Lipinski definition) is 1. The fraction of sp³-hybridized carbons (Fsp3) is 0. The SMILES string of the molecule is Nc1ccc([SH2+])cc1.[N-]=[N+]=[N-]. The van der Waals surface area contributed by atoms with E-state index < -0.39 is 0 Å². The van der Waals surface area contributed by atoms with Gasteiger partial charge in [0.05, 0.1) is 0 Å². The van der Waals surface area contributed by atoms with E-state index in [-0.39, 0.29) is 0 Å². The van der Waals surface area contributed by atoms with Crippen molar-refractivity contribution in [3.8, 4) is 0 Å². The zero-order valence-corrected chi connectivity index (χ0v) is 6.73. The van der Waals surface area contributed by atoms with Crippen LogP contribution in [0.1, 0.15) is 0 Å². The molecule has 0 bridgehead atoms. The van der Waals surface area contributed by atoms with Crippen LogP contribution in [0.25, 0.3) is 16.0 Å². The topological polar surface area (TPSA) is 84.7 Å². The summed E-state index contributed by atoms with van der Waals surface area (Å²) in [6.07, 6.45) is 0. The molecule has 0 saturated carbocycles. The van der Waals surface area contributed by atoms with Gasteiger partial charge in [-0.3, -0.25) is 4.91 Å². The molecule has 0 saturated heterocycles. The molecule has 58 valence electrons. The number of anilines is 1. The van der Waals surface area contributed by atoms with E-state index >= 15 is 0 Å². The molecule has 1 aromatic rings. The molecule has 0 fully saturated rings. The normalized spacial score (nSPS) is 7.36. The summed E-state index contributed by atoms with van der Waals surface area (Å²) in [5.74, 6) is 0. The Kier molecular flexibility index (Phi) is 4.81. The van der Waals surface area contributed by atoms with Crippen LogP contribution in [0.2, 0.25) is 0 Å². The first-order chi connectivity index (χ1) is 5.20. The molecule has 0 spiro atoms. The second-order valence-corrected chi connectivity index (χ2v) is 2.29. The molecule has 0 aliphatic rings. The smallest absolute Gasteiger partial charge is 0.150 e. The summed E-state index contributed by atoms with van der Waals surface area (Å²) < 4.78 is 0. The highest BCUT2D eigenvalue weighted by atomic mass is 32.1. The van der Waals surface area contributed by atoms with Crippen molar-refractivity contribution < 1.29 is 0 Å². The van der Waals surface area contributed by atoms with Crippen LogP contribution in [-0.4, -0.2) is 0 Å². The third-order valence-electron chi connectivity index (χ3n) is 0.911. The summed E-state index contributed by atoms with van der Waals surface area (Å²) in [5, 5.41) is 0. The molecule has 0 amide bonds. The summed E-state index contributed by atoms with van der Waals surface area (Å²) in [6.45, 7) is 0. The Morgan fingerprint density at radius 2 is 1.55 bits per heavy atom. The van der Waals surface area contributed by atoms with Crippen LogP contribution in [0.3, 0.4) is 0 Å². The molecule has 11 heavy (non-hydrogen) atoms. The molecule has 1 aromatic carbocycles. The third kappa shape index (κ3) is 5.14. The molecular weight excluding hydrogens is 160 g/mol. The van der Waals surface area contributed by atoms with Crippen LogP contribution in [-0.2, 0) is 12.6 Å². The second kappa shape index (κ2) is 5.46. The van der Waals surface area contributed by atoms with Crippen molar-refractivity contribution in [2.45, 2.75) is 4.90 Å². The van der Waals surface area contributed by atoms with Crippen LogP contribution in [0.4, 0.5) is 5.69 Å². The fourth-order valence-corrected chi connectivity index (χ4v) is 0.650. The van der Waals surface area contributed by atoms with Crippen LogP contribution in [0.15, 0.2) is 29.2 Å². The number of nitrogen functional groups attached to an aromatic ring is 1. The van der Waals surface area contributed by atoms with Crippen molar-refractivity contribution in [2.75, 3.05) is 5.73 Å². The molecule has 0 radical (unpaired) electrons. The van der Waals surface area contributed by atoms with E-state index in [0.29, 0.717) is 0 Å². The van der Waals surface area contributed by atoms with Gasteiger partial charge in [0.15, 0.2) is 0 Å². The molecule has 5 heteroatoms. The minimum Gasteiger partial charge on any atom is -0.399 e. The van der Waals surface area contributed by atoms with Crippen molar-refractivity contribution in [1.29, 1.82) is 0 Å². The van der Waals surface area contributed by atoms with E-state index in [1.165, 1.54) is 4.91 Å². The minimum atomic E-state index is 0.798. The molecule has 4 nitrogen and oxygen atoms in total. The molecule has 0 aromatic heterocycles. The van der Waals surface area contributed by atoms with Crippen molar-refractivity contribution in [2.24, 2.45) is 0 Å². The van der Waals surface area contributed by atoms with E-state index in [2.05, 4.69) is 12.6 Å². The summed E-state index contributed by atoms with van der Waals surface area (Å²) in [5.41, 5.74) is 19.7. The van der Waals surface area contributed by atoms with Gasteiger partial charge in [0.1, 0.15) is 4.90 Å². The summed E-state index contributed by atoms with van der Waals surface area (Å²) in [7, 11) is 0. The van der Waals surface area contributed by atoms with Gasteiger partial charge >= 0.3 is 0 Å². The average molecular weight is 168 g/mol. The van der Waals surface area contributed by atoms with Crippen molar-refractivity contribution in [3.05, 3.63) is 40.2 Å². The van der Waals surface area contributed by atoms with Gasteiger partial charge in [-0.25, -0.2) is 0 Å². The molecule has 0 atom stereocenters. The van der Waals surface area contributed by atoms with Gasteiger partial charge in [-0.1, -0.05) is 0 Å². The minimum absolute atomic E-state index is 0.798. The molecule has 0 aliphatic heterocycles. The Hall–Kier alpha value is -1.32. The summed E-state index contributed by atoms with van der Waals surface area (Å²) >= 11 is 3.34. The number of hydrogen-bond acceptors (Lipinski definition) is 1. The first-order valence-corrected chi connectivity index (χ1v) is 3.26. The summed E-state index contributed by atoms with van der Waals surface area (Å²) in [6, 6.07) is 7.52. The van der Waals surface area contributed by atoms with Crippen molar-refractivity contribution in [1.82, 2.24) is 0 Å². The first-order valence-electron chi connectivity index (χ1n) is 2.76. The fourth-order valence-electron chi connectivity index (χ4n) is 0.483. The zero-order valence-electron chi connectivity index (χ0n) is 5.73. The van der Waals surface area contributed by atoms with Gasteiger partial charge in [-0.2, -0.15) is 0 Å². The maximum Gasteiger partial charge on any atom is 0.150 e. The van der Waals surface area contributed by atoms with Crippen LogP contribution < -0.4 is 5.73 Å². The second-order valence-electron chi connectivity index (χ2n) is 1.71. The standard InChI is InChI=1S/C6H7NS.N3/c7-5-1-3-6(8)4-2-5;1-3-2/h1-4,8H,7H2;/q;-1/p+1. The molecular formula is C6H8N4S. The molecule has 0 aliphatic carbocycles. The predicted molar refractivity (Wildman–Crippen MR) is 49.4 cm³/mol. The molecule has 0 heterocycles. The van der Waals surface area contributed by atoms with Gasteiger partial charge < -0.3 is 16.8 Å². The predicted octanol–water partition coefficient (Wildman–Crippen LogP) is 1.51. The van der Waals surface area contributed by atoms with Crippen molar-refractivity contribution in [3.63, 3.8) is 0 Å². The van der Waals surface area contributed by atoms with E-state index in [0.717, 1.165) is 10.6 Å². The highest BCUT2D eigenvalue weighted by Gasteiger charge is 1.86. The average Bonchev–Trinajstić information content (AvgIpc) is 1.97. The Balaban J connectivity index is 0.000000292. The van der Waals surface area contributed by atoms with E-state index in [1.54, 1.807) is 0 Å². The Bertz CT molecular complexity index is 216. The van der Waals surface area contributed by atoms with Gasteiger partial charge in [0.25, 0.3) is 0 Å². The lowest BCUT2D eigenvalue weighted by molar-refractivity contribution is 1.48. The highest BCUT2D eigenvalue weighted by molar-refractivity contribution is 7.58. The highest BCUT2D eigenvalue weighted by Crippen LogP contribution is 2.02. The van der Waals surface area contributed by atoms with E-state index in [4.69, 9.17) is 16.8 Å². The van der Waals surface area contributed by atoms with E-state index in [1.807, 2.05) is 24.3 Å². The van der Waals surface area contributed by atoms with Crippen LogP contribution >= 0.6 is 0 Å². The van der Waals surface area contributed by atoms with Crippen LogP contribution in [0, 0.1) is 0 Å². The lowest BCUT2D eigenvalue weighted by Gasteiger charge is -1.85. The van der Waals surface area contributed by atoms with Gasteiger partial charge in [-0.05, 0) is 36.9 Å². The number of rotatable bonds is 0. The Morgan fingerprint density at radius 3 is 1.82 bits per heavy atom. The van der Waals surface area contributed by atoms with E-state index in [9.17, 15) is 0 Å². The lowest BCUT2D eigenvalue weighted by Crippen LogP contribution is -1.81. The summed E-state index contributed by atoms with van der Waals surface area (Å²) in [4.78, 5) is 2.55.